The Balaban J connectivity index is 1.77. The van der Waals surface area contributed by atoms with Crippen molar-refractivity contribution in [2.75, 3.05) is 0 Å². The minimum absolute atomic E-state index is 0.303. The molecule has 0 fully saturated rings. The quantitative estimate of drug-likeness (QED) is 0.563. The molecule has 3 aromatic heterocycles. The summed E-state index contributed by atoms with van der Waals surface area (Å²) in [5, 5.41) is 8.77. The molecule has 0 amide bonds. The first-order valence-electron chi connectivity index (χ1n) is 8.05. The van der Waals surface area contributed by atoms with Crippen LogP contribution < -0.4 is 0 Å². The number of fused-ring (bicyclic) bond motifs is 2. The van der Waals surface area contributed by atoms with Gasteiger partial charge in [-0.05, 0) is 37.1 Å². The van der Waals surface area contributed by atoms with Gasteiger partial charge in [-0.15, -0.1) is 0 Å². The van der Waals surface area contributed by atoms with E-state index in [0.717, 1.165) is 47.9 Å². The monoisotopic (exact) mass is 337 g/mol. The lowest BCUT2D eigenvalue weighted by molar-refractivity contribution is 0.584. The van der Waals surface area contributed by atoms with E-state index in [1.54, 1.807) is 4.52 Å². The summed E-state index contributed by atoms with van der Waals surface area (Å²) in [4.78, 5) is 4.15. The van der Waals surface area contributed by atoms with E-state index in [2.05, 4.69) is 15.2 Å². The molecule has 25 heavy (non-hydrogen) atoms. The van der Waals surface area contributed by atoms with Crippen LogP contribution >= 0.6 is 0 Å². The van der Waals surface area contributed by atoms with Crippen molar-refractivity contribution in [1.82, 2.24) is 24.4 Å². The van der Waals surface area contributed by atoms with Crippen molar-refractivity contribution in [3.63, 3.8) is 0 Å². The van der Waals surface area contributed by atoms with E-state index in [1.807, 2.05) is 23.0 Å². The van der Waals surface area contributed by atoms with Gasteiger partial charge in [0.2, 0.25) is 0 Å². The number of aromatic nitrogens is 5. The van der Waals surface area contributed by atoms with Gasteiger partial charge < -0.3 is 0 Å². The summed E-state index contributed by atoms with van der Waals surface area (Å²) < 4.78 is 31.3. The molecule has 1 aromatic carbocycles. The molecule has 7 heteroatoms. The Morgan fingerprint density at radius 3 is 2.88 bits per heavy atom. The maximum Gasteiger partial charge on any atom is 0.155 e. The van der Waals surface area contributed by atoms with Crippen molar-refractivity contribution >= 4 is 5.65 Å². The number of hydrogen-bond acceptors (Lipinski definition) is 3. The summed E-state index contributed by atoms with van der Waals surface area (Å²) >= 11 is 0. The first-order valence-corrected chi connectivity index (χ1v) is 8.05. The zero-order chi connectivity index (χ0) is 17.0. The molecule has 0 spiro atoms. The van der Waals surface area contributed by atoms with E-state index in [1.165, 1.54) is 18.5 Å². The van der Waals surface area contributed by atoms with Gasteiger partial charge in [-0.2, -0.15) is 10.2 Å². The molecular weight excluding hydrogens is 324 g/mol. The molecule has 4 aromatic rings. The van der Waals surface area contributed by atoms with Crippen molar-refractivity contribution in [3.05, 3.63) is 60.2 Å². The van der Waals surface area contributed by atoms with Crippen LogP contribution in [0.3, 0.4) is 0 Å². The molecule has 0 bridgehead atoms. The lowest BCUT2D eigenvalue weighted by atomic mass is 9.98. The third-order valence-electron chi connectivity index (χ3n) is 4.59. The van der Waals surface area contributed by atoms with E-state index in [4.69, 9.17) is 0 Å². The van der Waals surface area contributed by atoms with Crippen LogP contribution in [-0.4, -0.2) is 24.4 Å². The Labute approximate surface area is 141 Å². The second kappa shape index (κ2) is 5.20. The van der Waals surface area contributed by atoms with Crippen molar-refractivity contribution in [2.24, 2.45) is 0 Å². The molecule has 0 N–H and O–H groups in total. The third kappa shape index (κ3) is 2.15. The normalized spacial score (nSPS) is 13.5. The standard InChI is InChI=1S/C18H13F2N5/c19-12-4-5-13(14(20)8-12)18-17(15-2-1-7-24(15)23-18)11-3-6-16-21-10-22-25(16)9-11/h3-6,8-10H,1-2,7H2. The molecule has 5 nitrogen and oxygen atoms in total. The lowest BCUT2D eigenvalue weighted by Gasteiger charge is -2.07. The molecule has 0 aliphatic carbocycles. The maximum absolute atomic E-state index is 14.4. The number of rotatable bonds is 2. The lowest BCUT2D eigenvalue weighted by Crippen LogP contribution is -1.95. The number of hydrogen-bond donors (Lipinski definition) is 0. The summed E-state index contributed by atoms with van der Waals surface area (Å²) in [6.45, 7) is 0.802. The summed E-state index contributed by atoms with van der Waals surface area (Å²) in [5.41, 5.74) is 4.41. The zero-order valence-electron chi connectivity index (χ0n) is 13.2. The van der Waals surface area contributed by atoms with Gasteiger partial charge in [0.25, 0.3) is 0 Å². The van der Waals surface area contributed by atoms with Crippen molar-refractivity contribution in [1.29, 1.82) is 0 Å². The van der Waals surface area contributed by atoms with Gasteiger partial charge in [-0.3, -0.25) is 4.68 Å². The van der Waals surface area contributed by atoms with Gasteiger partial charge in [0.1, 0.15) is 23.7 Å². The Bertz CT molecular complexity index is 1110. The SMILES string of the molecule is Fc1ccc(-c2nn3c(c2-c2ccc4ncnn4c2)CCC3)c(F)c1. The summed E-state index contributed by atoms with van der Waals surface area (Å²) in [6, 6.07) is 7.40. The molecule has 5 rings (SSSR count). The van der Waals surface area contributed by atoms with Crippen LogP contribution in [0.4, 0.5) is 8.78 Å². The van der Waals surface area contributed by atoms with Crippen molar-refractivity contribution in [2.45, 2.75) is 19.4 Å². The highest BCUT2D eigenvalue weighted by molar-refractivity contribution is 5.83. The Kier molecular flexibility index (Phi) is 2.97. The van der Waals surface area contributed by atoms with Gasteiger partial charge in [0.15, 0.2) is 5.65 Å². The van der Waals surface area contributed by atoms with Gasteiger partial charge >= 0.3 is 0 Å². The van der Waals surface area contributed by atoms with E-state index in [0.29, 0.717) is 11.3 Å². The molecule has 0 saturated heterocycles. The highest BCUT2D eigenvalue weighted by Gasteiger charge is 2.25. The summed E-state index contributed by atoms with van der Waals surface area (Å²) in [6.07, 6.45) is 5.24. The minimum atomic E-state index is -0.611. The van der Waals surface area contributed by atoms with E-state index >= 15 is 0 Å². The zero-order valence-corrected chi connectivity index (χ0v) is 13.2. The van der Waals surface area contributed by atoms with E-state index < -0.39 is 11.6 Å². The molecule has 0 saturated carbocycles. The van der Waals surface area contributed by atoms with E-state index in [9.17, 15) is 8.78 Å². The fourth-order valence-electron chi connectivity index (χ4n) is 3.47. The Hall–Kier alpha value is -3.09. The number of nitrogens with zero attached hydrogens (tertiary/aromatic N) is 5. The molecule has 1 aliphatic heterocycles. The van der Waals surface area contributed by atoms with Crippen LogP contribution in [0.25, 0.3) is 28.0 Å². The predicted molar refractivity (Wildman–Crippen MR) is 87.9 cm³/mol. The number of aryl methyl sites for hydroxylation is 1. The number of benzene rings is 1. The van der Waals surface area contributed by atoms with Crippen LogP contribution in [0.5, 0.6) is 0 Å². The molecular formula is C18H13F2N5. The van der Waals surface area contributed by atoms with Gasteiger partial charge in [-0.1, -0.05) is 0 Å². The fraction of sp³-hybridized carbons (Fsp3) is 0.167. The first kappa shape index (κ1) is 14.3. The van der Waals surface area contributed by atoms with Crippen LogP contribution in [0, 0.1) is 11.6 Å². The number of pyridine rings is 1. The van der Waals surface area contributed by atoms with Gasteiger partial charge in [0.05, 0.1) is 0 Å². The largest absolute Gasteiger partial charge is 0.268 e. The molecule has 0 atom stereocenters. The summed E-state index contributed by atoms with van der Waals surface area (Å²) in [5.74, 6) is -1.21. The molecule has 124 valence electrons. The highest BCUT2D eigenvalue weighted by Crippen LogP contribution is 2.38. The fourth-order valence-corrected chi connectivity index (χ4v) is 3.47. The topological polar surface area (TPSA) is 48.0 Å². The molecule has 1 aliphatic rings. The van der Waals surface area contributed by atoms with Crippen LogP contribution in [-0.2, 0) is 13.0 Å². The van der Waals surface area contributed by atoms with E-state index in [-0.39, 0.29) is 0 Å². The third-order valence-corrected chi connectivity index (χ3v) is 4.59. The first-order chi connectivity index (χ1) is 12.2. The second-order valence-corrected chi connectivity index (χ2v) is 6.10. The Morgan fingerprint density at radius 2 is 2.00 bits per heavy atom. The number of halogens is 2. The van der Waals surface area contributed by atoms with Crippen molar-refractivity contribution < 1.29 is 8.78 Å². The smallest absolute Gasteiger partial charge is 0.155 e. The average molecular weight is 337 g/mol. The molecule has 4 heterocycles. The second-order valence-electron chi connectivity index (χ2n) is 6.10. The Morgan fingerprint density at radius 1 is 1.08 bits per heavy atom. The molecule has 0 unspecified atom stereocenters. The van der Waals surface area contributed by atoms with Gasteiger partial charge in [-0.25, -0.2) is 18.3 Å². The highest BCUT2D eigenvalue weighted by atomic mass is 19.1. The average Bonchev–Trinajstić information content (AvgIpc) is 3.29. The van der Waals surface area contributed by atoms with Crippen LogP contribution in [0.2, 0.25) is 0 Å². The van der Waals surface area contributed by atoms with Crippen molar-refractivity contribution in [3.8, 4) is 22.4 Å². The maximum atomic E-state index is 14.4. The van der Waals surface area contributed by atoms with Crippen LogP contribution in [0.15, 0.2) is 42.9 Å². The van der Waals surface area contributed by atoms with Crippen LogP contribution in [0.1, 0.15) is 12.1 Å². The molecule has 0 radical (unpaired) electrons. The van der Waals surface area contributed by atoms with Gasteiger partial charge in [0, 0.05) is 41.2 Å². The predicted octanol–water partition coefficient (Wildman–Crippen LogP) is 3.48. The minimum Gasteiger partial charge on any atom is -0.268 e. The summed E-state index contributed by atoms with van der Waals surface area (Å²) in [7, 11) is 0.